The number of hydrogen-bond acceptors (Lipinski definition) is 5. The zero-order valence-corrected chi connectivity index (χ0v) is 16.0. The maximum Gasteiger partial charge on any atom is 0.277 e. The van der Waals surface area contributed by atoms with Crippen LogP contribution in [0.3, 0.4) is 0 Å². The molecule has 28 heavy (non-hydrogen) atoms. The van der Waals surface area contributed by atoms with Crippen LogP contribution in [0.5, 0.6) is 5.75 Å². The van der Waals surface area contributed by atoms with E-state index in [0.717, 1.165) is 23.5 Å². The van der Waals surface area contributed by atoms with Crippen LogP contribution in [-0.2, 0) is 6.42 Å². The topological polar surface area (TPSA) is 67.3 Å². The molecule has 142 valence electrons. The van der Waals surface area contributed by atoms with Gasteiger partial charge >= 0.3 is 0 Å². The minimum absolute atomic E-state index is 0.106. The fourth-order valence-electron chi connectivity index (χ4n) is 3.38. The number of nitrogens with zero attached hydrogens (tertiary/aromatic N) is 3. The summed E-state index contributed by atoms with van der Waals surface area (Å²) in [5, 5.41) is 3.24. The summed E-state index contributed by atoms with van der Waals surface area (Å²) in [7, 11) is 0. The van der Waals surface area contributed by atoms with Crippen LogP contribution in [-0.4, -0.2) is 29.0 Å². The number of aromatic nitrogens is 2. The van der Waals surface area contributed by atoms with E-state index in [9.17, 15) is 4.79 Å². The van der Waals surface area contributed by atoms with E-state index in [1.165, 1.54) is 5.56 Å². The SMILES string of the molecule is CCOc1ccc(Nc2cc(C(=O)N3CCc4ccccc43)nc(C)n2)cc1. The zero-order valence-electron chi connectivity index (χ0n) is 16.0. The Balaban J connectivity index is 1.56. The molecule has 0 radical (unpaired) electrons. The lowest BCUT2D eigenvalue weighted by Gasteiger charge is -2.17. The Hall–Kier alpha value is -3.41. The molecule has 0 spiro atoms. The van der Waals surface area contributed by atoms with Gasteiger partial charge in [-0.2, -0.15) is 0 Å². The Labute approximate surface area is 164 Å². The monoisotopic (exact) mass is 374 g/mol. The number of hydrogen-bond donors (Lipinski definition) is 1. The standard InChI is InChI=1S/C22H22N4O2/c1-3-28-18-10-8-17(9-11-18)25-21-14-19(23-15(2)24-21)22(27)26-13-12-16-6-4-5-7-20(16)26/h4-11,14H,3,12-13H2,1-2H3,(H,23,24,25). The van der Waals surface area contributed by atoms with Crippen molar-refractivity contribution in [3.8, 4) is 5.75 Å². The smallest absolute Gasteiger partial charge is 0.277 e. The molecule has 2 heterocycles. The molecule has 2 aromatic carbocycles. The summed E-state index contributed by atoms with van der Waals surface area (Å²) in [6.45, 7) is 5.04. The minimum Gasteiger partial charge on any atom is -0.494 e. The number of ether oxygens (including phenoxy) is 1. The number of para-hydroxylation sites is 1. The molecule has 1 N–H and O–H groups in total. The number of aryl methyl sites for hydroxylation is 1. The molecule has 3 aromatic rings. The van der Waals surface area contributed by atoms with Gasteiger partial charge in [-0.1, -0.05) is 18.2 Å². The number of nitrogens with one attached hydrogen (secondary N) is 1. The lowest BCUT2D eigenvalue weighted by atomic mass is 10.2. The van der Waals surface area contributed by atoms with Gasteiger partial charge in [-0.15, -0.1) is 0 Å². The van der Waals surface area contributed by atoms with Crippen molar-refractivity contribution in [2.24, 2.45) is 0 Å². The summed E-state index contributed by atoms with van der Waals surface area (Å²) in [6.07, 6.45) is 0.864. The molecule has 0 saturated carbocycles. The van der Waals surface area contributed by atoms with Crippen LogP contribution in [0.2, 0.25) is 0 Å². The van der Waals surface area contributed by atoms with Crippen LogP contribution in [0.15, 0.2) is 54.6 Å². The van der Waals surface area contributed by atoms with Crippen LogP contribution >= 0.6 is 0 Å². The van der Waals surface area contributed by atoms with Crippen molar-refractivity contribution in [2.45, 2.75) is 20.3 Å². The Morgan fingerprint density at radius 2 is 1.93 bits per heavy atom. The third kappa shape index (κ3) is 3.67. The highest BCUT2D eigenvalue weighted by atomic mass is 16.5. The number of benzene rings is 2. The maximum atomic E-state index is 13.1. The molecule has 1 aliphatic heterocycles. The fourth-order valence-corrected chi connectivity index (χ4v) is 3.38. The second-order valence-electron chi connectivity index (χ2n) is 6.60. The Bertz CT molecular complexity index is 1000. The van der Waals surface area contributed by atoms with Crippen molar-refractivity contribution in [1.29, 1.82) is 0 Å². The van der Waals surface area contributed by atoms with E-state index in [1.54, 1.807) is 17.9 Å². The summed E-state index contributed by atoms with van der Waals surface area (Å²) in [5.41, 5.74) is 3.41. The molecule has 6 nitrogen and oxygen atoms in total. The van der Waals surface area contributed by atoms with Gasteiger partial charge < -0.3 is 15.0 Å². The average molecular weight is 374 g/mol. The first-order chi connectivity index (χ1) is 13.6. The second-order valence-corrected chi connectivity index (χ2v) is 6.60. The lowest BCUT2D eigenvalue weighted by molar-refractivity contribution is 0.0984. The minimum atomic E-state index is -0.106. The summed E-state index contributed by atoms with van der Waals surface area (Å²) >= 11 is 0. The molecule has 0 atom stereocenters. The molecule has 0 unspecified atom stereocenters. The first-order valence-corrected chi connectivity index (χ1v) is 9.39. The normalized spacial score (nSPS) is 12.6. The predicted molar refractivity (Wildman–Crippen MR) is 109 cm³/mol. The molecular weight excluding hydrogens is 352 g/mol. The van der Waals surface area contributed by atoms with E-state index in [1.807, 2.05) is 49.4 Å². The van der Waals surface area contributed by atoms with Gasteiger partial charge in [0.1, 0.15) is 23.1 Å². The van der Waals surface area contributed by atoms with Crippen molar-refractivity contribution >= 4 is 23.1 Å². The van der Waals surface area contributed by atoms with Gasteiger partial charge in [-0.05, 0) is 56.2 Å². The van der Waals surface area contributed by atoms with E-state index in [4.69, 9.17) is 4.74 Å². The van der Waals surface area contributed by atoms with Crippen molar-refractivity contribution in [1.82, 2.24) is 9.97 Å². The Morgan fingerprint density at radius 3 is 2.71 bits per heavy atom. The largest absolute Gasteiger partial charge is 0.494 e. The molecule has 1 aromatic heterocycles. The zero-order chi connectivity index (χ0) is 19.5. The van der Waals surface area contributed by atoms with Crippen molar-refractivity contribution in [3.63, 3.8) is 0 Å². The first-order valence-electron chi connectivity index (χ1n) is 9.39. The molecule has 4 rings (SSSR count). The Morgan fingerprint density at radius 1 is 1.14 bits per heavy atom. The van der Waals surface area contributed by atoms with Gasteiger partial charge in [0.2, 0.25) is 0 Å². The van der Waals surface area contributed by atoms with Crippen molar-refractivity contribution < 1.29 is 9.53 Å². The molecule has 6 heteroatoms. The van der Waals surface area contributed by atoms with Crippen LogP contribution in [0.25, 0.3) is 0 Å². The molecule has 1 amide bonds. The summed E-state index contributed by atoms with van der Waals surface area (Å²) < 4.78 is 5.46. The summed E-state index contributed by atoms with van der Waals surface area (Å²) in [6, 6.07) is 17.3. The van der Waals surface area contributed by atoms with E-state index in [-0.39, 0.29) is 5.91 Å². The van der Waals surface area contributed by atoms with Crippen LogP contribution in [0, 0.1) is 6.92 Å². The van der Waals surface area contributed by atoms with Gasteiger partial charge in [-0.3, -0.25) is 4.79 Å². The highest BCUT2D eigenvalue weighted by Gasteiger charge is 2.26. The summed E-state index contributed by atoms with van der Waals surface area (Å²) in [4.78, 5) is 23.6. The number of carbonyl (C=O) groups is 1. The third-order valence-electron chi connectivity index (χ3n) is 4.63. The molecule has 1 aliphatic rings. The highest BCUT2D eigenvalue weighted by Crippen LogP contribution is 2.29. The van der Waals surface area contributed by atoms with E-state index in [0.29, 0.717) is 30.5 Å². The molecule has 0 bridgehead atoms. The summed E-state index contributed by atoms with van der Waals surface area (Å²) in [5.74, 6) is 1.85. The van der Waals surface area contributed by atoms with Gasteiger partial charge in [0.15, 0.2) is 0 Å². The van der Waals surface area contributed by atoms with Crippen LogP contribution in [0.4, 0.5) is 17.2 Å². The molecule has 0 saturated heterocycles. The average Bonchev–Trinajstić information content (AvgIpc) is 3.13. The van der Waals surface area contributed by atoms with Gasteiger partial charge in [0.05, 0.1) is 6.61 Å². The number of carbonyl (C=O) groups excluding carboxylic acids is 1. The fraction of sp³-hybridized carbons (Fsp3) is 0.227. The number of anilines is 3. The molecular formula is C22H22N4O2. The predicted octanol–water partition coefficient (Wildman–Crippen LogP) is 4.13. The van der Waals surface area contributed by atoms with Crippen LogP contribution < -0.4 is 15.0 Å². The third-order valence-corrected chi connectivity index (χ3v) is 4.63. The van der Waals surface area contributed by atoms with E-state index < -0.39 is 0 Å². The van der Waals surface area contributed by atoms with Gasteiger partial charge in [-0.25, -0.2) is 9.97 Å². The first kappa shape index (κ1) is 18.0. The van der Waals surface area contributed by atoms with Crippen LogP contribution in [0.1, 0.15) is 28.8 Å². The number of rotatable bonds is 5. The van der Waals surface area contributed by atoms with E-state index in [2.05, 4.69) is 21.4 Å². The van der Waals surface area contributed by atoms with Crippen molar-refractivity contribution in [2.75, 3.05) is 23.4 Å². The van der Waals surface area contributed by atoms with Gasteiger partial charge in [0, 0.05) is 24.0 Å². The Kier molecular flexibility index (Phi) is 4.93. The second kappa shape index (κ2) is 7.68. The van der Waals surface area contributed by atoms with Gasteiger partial charge in [0.25, 0.3) is 5.91 Å². The number of fused-ring (bicyclic) bond motifs is 1. The highest BCUT2D eigenvalue weighted by molar-refractivity contribution is 6.06. The lowest BCUT2D eigenvalue weighted by Crippen LogP contribution is -2.30. The quantitative estimate of drug-likeness (QED) is 0.727. The van der Waals surface area contributed by atoms with E-state index >= 15 is 0 Å². The van der Waals surface area contributed by atoms with Crippen molar-refractivity contribution in [3.05, 3.63) is 71.7 Å². The maximum absolute atomic E-state index is 13.1. The molecule has 0 aliphatic carbocycles. The molecule has 0 fully saturated rings. The number of amides is 1.